The monoisotopic (exact) mass is 766 g/mol. The molecule has 1 aliphatic heterocycles. The molecule has 0 saturated heterocycles. The molecule has 0 spiro atoms. The Kier molecular flexibility index (Phi) is 8.98. The summed E-state index contributed by atoms with van der Waals surface area (Å²) < 4.78 is 51.9. The summed E-state index contributed by atoms with van der Waals surface area (Å²) in [6.45, 7) is 20.5. The van der Waals surface area contributed by atoms with Gasteiger partial charge in [-0.2, -0.15) is 13.2 Å². The highest BCUT2D eigenvalue weighted by molar-refractivity contribution is 6.11. The average Bonchev–Trinajstić information content (AvgIpc) is 3.69. The second kappa shape index (κ2) is 13.4. The molecule has 0 bridgehead atoms. The number of pyridine rings is 1. The summed E-state index contributed by atoms with van der Waals surface area (Å²) in [7, 11) is 0. The lowest BCUT2D eigenvalue weighted by molar-refractivity contribution is -0.136. The summed E-state index contributed by atoms with van der Waals surface area (Å²) in [5.41, 5.74) is 8.01. The molecule has 0 aliphatic carbocycles. The van der Waals surface area contributed by atoms with Crippen molar-refractivity contribution in [3.8, 4) is 17.3 Å². The first-order valence-electron chi connectivity index (χ1n) is 19.5. The van der Waals surface area contributed by atoms with Gasteiger partial charge in [-0.15, -0.1) is 0 Å². The molecule has 292 valence electrons. The van der Waals surface area contributed by atoms with E-state index < -0.39 is 11.7 Å². The van der Waals surface area contributed by atoms with E-state index in [9.17, 15) is 13.2 Å². The third-order valence-corrected chi connectivity index (χ3v) is 11.0. The first kappa shape index (κ1) is 38.1. The number of rotatable bonds is 5. The van der Waals surface area contributed by atoms with Gasteiger partial charge in [-0.3, -0.25) is 4.57 Å². The Bertz CT molecular complexity index is 2620. The summed E-state index contributed by atoms with van der Waals surface area (Å²) in [6, 6.07) is 36.9. The number of benzene rings is 5. The van der Waals surface area contributed by atoms with Crippen molar-refractivity contribution in [2.75, 3.05) is 16.5 Å². The van der Waals surface area contributed by atoms with E-state index >= 15 is 0 Å². The zero-order valence-electron chi connectivity index (χ0n) is 34.1. The Morgan fingerprint density at radius 3 is 1.79 bits per heavy atom. The van der Waals surface area contributed by atoms with Gasteiger partial charge in [0.25, 0.3) is 0 Å². The number of para-hydroxylation sites is 2. The lowest BCUT2D eigenvalue weighted by Crippen LogP contribution is -2.25. The van der Waals surface area contributed by atoms with Crippen molar-refractivity contribution in [3.05, 3.63) is 144 Å². The number of aromatic nitrogens is 2. The van der Waals surface area contributed by atoms with Crippen molar-refractivity contribution in [1.29, 1.82) is 0 Å². The predicted molar refractivity (Wildman–Crippen MR) is 228 cm³/mol. The first-order chi connectivity index (χ1) is 26.8. The van der Waals surface area contributed by atoms with Crippen LogP contribution in [0.3, 0.4) is 0 Å². The van der Waals surface area contributed by atoms with Gasteiger partial charge in [0.2, 0.25) is 0 Å². The molecule has 8 rings (SSSR count). The zero-order valence-corrected chi connectivity index (χ0v) is 34.1. The van der Waals surface area contributed by atoms with Crippen molar-refractivity contribution in [3.63, 3.8) is 0 Å². The lowest BCUT2D eigenvalue weighted by Gasteiger charge is -2.29. The first-order valence-corrected chi connectivity index (χ1v) is 19.5. The van der Waals surface area contributed by atoms with Crippen LogP contribution in [0, 0.1) is 0 Å². The molecular weight excluding hydrogens is 718 g/mol. The Hall–Kier alpha value is -5.76. The lowest BCUT2D eigenvalue weighted by atomic mass is 9.80. The number of ether oxygens (including phenoxy) is 1. The van der Waals surface area contributed by atoms with Crippen molar-refractivity contribution in [2.45, 2.75) is 84.7 Å². The molecule has 7 aromatic rings. The smallest absolute Gasteiger partial charge is 0.417 e. The Labute approximate surface area is 333 Å². The molecule has 2 aromatic heterocycles. The standard InChI is InChI=1S/C49H49F3N4O/c1-46(2,3)31-22-23-53-44(27-31)56-42-19-13-16-39(49(50,51)52)45(42)38-21-20-37(29-43(38)56)57-36-15-12-14-34(28-36)54-30-55(41-18-11-10-17-40(41)54)35-25-32(47(4,5)6)24-33(26-35)48(7,8)9/h10-29H,30H2,1-9H3. The molecule has 0 saturated carbocycles. The quantitative estimate of drug-likeness (QED) is 0.175. The topological polar surface area (TPSA) is 33.5 Å². The number of anilines is 4. The van der Waals surface area contributed by atoms with Gasteiger partial charge in [-0.1, -0.05) is 92.6 Å². The predicted octanol–water partition coefficient (Wildman–Crippen LogP) is 14.1. The van der Waals surface area contributed by atoms with E-state index in [0.29, 0.717) is 40.4 Å². The van der Waals surface area contributed by atoms with Gasteiger partial charge in [0.1, 0.15) is 24.0 Å². The summed E-state index contributed by atoms with van der Waals surface area (Å²) in [6.07, 6.45) is -2.82. The fraction of sp³-hybridized carbons (Fsp3) is 0.286. The minimum absolute atomic E-state index is 0.0222. The number of nitrogens with zero attached hydrogens (tertiary/aromatic N) is 4. The van der Waals surface area contributed by atoms with Crippen LogP contribution in [-0.2, 0) is 22.4 Å². The van der Waals surface area contributed by atoms with E-state index in [2.05, 4.69) is 126 Å². The maximum atomic E-state index is 14.5. The summed E-state index contributed by atoms with van der Waals surface area (Å²) in [5, 5.41) is 0.609. The van der Waals surface area contributed by atoms with Gasteiger partial charge in [0, 0.05) is 40.5 Å². The van der Waals surface area contributed by atoms with E-state index in [0.717, 1.165) is 34.4 Å². The molecular formula is C49H49F3N4O. The summed E-state index contributed by atoms with van der Waals surface area (Å²) >= 11 is 0. The number of fused-ring (bicyclic) bond motifs is 4. The third kappa shape index (κ3) is 7.11. The zero-order chi connectivity index (χ0) is 40.7. The van der Waals surface area contributed by atoms with Crippen molar-refractivity contribution >= 4 is 44.6 Å². The van der Waals surface area contributed by atoms with E-state index in [1.807, 2.05) is 41.0 Å². The van der Waals surface area contributed by atoms with E-state index in [1.165, 1.54) is 17.2 Å². The molecule has 0 atom stereocenters. The fourth-order valence-electron chi connectivity index (χ4n) is 7.74. The minimum atomic E-state index is -4.54. The molecule has 0 unspecified atom stereocenters. The van der Waals surface area contributed by atoms with Crippen LogP contribution in [0.5, 0.6) is 11.5 Å². The van der Waals surface area contributed by atoms with Crippen LogP contribution in [0.2, 0.25) is 0 Å². The van der Waals surface area contributed by atoms with Gasteiger partial charge in [0.15, 0.2) is 0 Å². The fourth-order valence-corrected chi connectivity index (χ4v) is 7.74. The average molecular weight is 767 g/mol. The SMILES string of the molecule is CC(C)(C)c1cc(N2CN(c3cccc(Oc4ccc5c6c(C(F)(F)F)cccc6n(-c6cc(C(C)(C)C)ccn6)c5c4)c3)c3ccccc32)cc(C(C)(C)C)c1. The van der Waals surface area contributed by atoms with Gasteiger partial charge >= 0.3 is 6.18 Å². The van der Waals surface area contributed by atoms with Gasteiger partial charge in [-0.25, -0.2) is 4.98 Å². The minimum Gasteiger partial charge on any atom is -0.457 e. The molecule has 0 N–H and O–H groups in total. The van der Waals surface area contributed by atoms with Crippen molar-refractivity contribution in [2.24, 2.45) is 0 Å². The van der Waals surface area contributed by atoms with Crippen molar-refractivity contribution < 1.29 is 17.9 Å². The Balaban J connectivity index is 1.19. The van der Waals surface area contributed by atoms with E-state index in [1.54, 1.807) is 24.4 Å². The number of alkyl halides is 3. The molecule has 0 amide bonds. The molecule has 1 aliphatic rings. The van der Waals surface area contributed by atoms with E-state index in [-0.39, 0.29) is 21.6 Å². The summed E-state index contributed by atoms with van der Waals surface area (Å²) in [5.74, 6) is 1.65. The molecule has 0 radical (unpaired) electrons. The second-order valence-electron chi connectivity index (χ2n) is 18.2. The highest BCUT2D eigenvalue weighted by Gasteiger charge is 2.35. The van der Waals surface area contributed by atoms with Gasteiger partial charge in [-0.05, 0) is 106 Å². The highest BCUT2D eigenvalue weighted by Crippen LogP contribution is 2.47. The van der Waals surface area contributed by atoms with Crippen LogP contribution in [0.4, 0.5) is 35.9 Å². The van der Waals surface area contributed by atoms with Crippen molar-refractivity contribution in [1.82, 2.24) is 9.55 Å². The summed E-state index contributed by atoms with van der Waals surface area (Å²) in [4.78, 5) is 9.33. The maximum absolute atomic E-state index is 14.5. The molecule has 5 nitrogen and oxygen atoms in total. The van der Waals surface area contributed by atoms with Crippen LogP contribution >= 0.6 is 0 Å². The molecule has 8 heteroatoms. The number of halogens is 3. The maximum Gasteiger partial charge on any atom is 0.417 e. The largest absolute Gasteiger partial charge is 0.457 e. The van der Waals surface area contributed by atoms with Gasteiger partial charge in [0.05, 0.1) is 28.0 Å². The Morgan fingerprint density at radius 2 is 1.16 bits per heavy atom. The highest BCUT2D eigenvalue weighted by atomic mass is 19.4. The van der Waals surface area contributed by atoms with Crippen LogP contribution in [-0.4, -0.2) is 16.2 Å². The van der Waals surface area contributed by atoms with Gasteiger partial charge < -0.3 is 14.5 Å². The molecule has 5 aromatic carbocycles. The molecule has 0 fully saturated rings. The second-order valence-corrected chi connectivity index (χ2v) is 18.2. The van der Waals surface area contributed by atoms with Crippen LogP contribution in [0.15, 0.2) is 121 Å². The molecule has 3 heterocycles. The van der Waals surface area contributed by atoms with Crippen LogP contribution in [0.25, 0.3) is 27.6 Å². The van der Waals surface area contributed by atoms with E-state index in [4.69, 9.17) is 4.74 Å². The molecule has 57 heavy (non-hydrogen) atoms. The van der Waals surface area contributed by atoms with Crippen LogP contribution < -0.4 is 14.5 Å². The number of hydrogen-bond donors (Lipinski definition) is 0. The number of hydrogen-bond acceptors (Lipinski definition) is 4. The van der Waals surface area contributed by atoms with Crippen LogP contribution in [0.1, 0.15) is 84.6 Å². The Morgan fingerprint density at radius 1 is 0.544 bits per heavy atom. The normalized spacial score (nSPS) is 13.8. The third-order valence-electron chi connectivity index (χ3n) is 11.0.